The standard InChI is InChI=1S/C14H28N2O5Si/c1-12(2)13(17)21-10-8-15-14(18)16(3)9-7-11-22(6,19-4)20-5/h1,7-11H2,2-6H3,(H,15,18). The Morgan fingerprint density at radius 3 is 2.36 bits per heavy atom. The fourth-order valence-corrected chi connectivity index (χ4v) is 2.96. The molecule has 22 heavy (non-hydrogen) atoms. The minimum atomic E-state index is -2.08. The normalized spacial score (nSPS) is 11.0. The van der Waals surface area contributed by atoms with Crippen LogP contribution in [-0.4, -0.2) is 66.4 Å². The van der Waals surface area contributed by atoms with E-state index in [4.69, 9.17) is 13.6 Å². The summed E-state index contributed by atoms with van der Waals surface area (Å²) in [6.07, 6.45) is 0.805. The van der Waals surface area contributed by atoms with E-state index in [0.717, 1.165) is 12.5 Å². The van der Waals surface area contributed by atoms with E-state index >= 15 is 0 Å². The second-order valence-corrected chi connectivity index (χ2v) is 8.80. The topological polar surface area (TPSA) is 77.1 Å². The van der Waals surface area contributed by atoms with Crippen molar-refractivity contribution in [2.75, 3.05) is 41.0 Å². The number of urea groups is 1. The molecule has 0 aliphatic carbocycles. The molecular formula is C14H28N2O5Si. The van der Waals surface area contributed by atoms with Gasteiger partial charge in [0.15, 0.2) is 0 Å². The van der Waals surface area contributed by atoms with Gasteiger partial charge >= 0.3 is 20.6 Å². The lowest BCUT2D eigenvalue weighted by molar-refractivity contribution is -0.138. The van der Waals surface area contributed by atoms with E-state index < -0.39 is 14.5 Å². The first-order chi connectivity index (χ1) is 10.3. The van der Waals surface area contributed by atoms with Crippen molar-refractivity contribution >= 4 is 20.6 Å². The first kappa shape index (κ1) is 20.6. The van der Waals surface area contributed by atoms with Gasteiger partial charge in [-0.25, -0.2) is 9.59 Å². The summed E-state index contributed by atoms with van der Waals surface area (Å²) in [7, 11) is 2.94. The van der Waals surface area contributed by atoms with Crippen LogP contribution in [0, 0.1) is 0 Å². The molecule has 0 bridgehead atoms. The molecule has 128 valence electrons. The number of hydrogen-bond acceptors (Lipinski definition) is 5. The summed E-state index contributed by atoms with van der Waals surface area (Å²) >= 11 is 0. The molecule has 8 heteroatoms. The van der Waals surface area contributed by atoms with Crippen LogP contribution in [0.15, 0.2) is 12.2 Å². The summed E-state index contributed by atoms with van der Waals surface area (Å²) < 4.78 is 15.7. The van der Waals surface area contributed by atoms with Crippen molar-refractivity contribution in [3.63, 3.8) is 0 Å². The molecule has 1 N–H and O–H groups in total. The van der Waals surface area contributed by atoms with Gasteiger partial charge in [0, 0.05) is 33.4 Å². The van der Waals surface area contributed by atoms with Gasteiger partial charge in [-0.1, -0.05) is 6.58 Å². The molecule has 0 radical (unpaired) electrons. The third-order valence-corrected chi connectivity index (χ3v) is 6.28. The first-order valence-electron chi connectivity index (χ1n) is 7.17. The van der Waals surface area contributed by atoms with E-state index in [-0.39, 0.29) is 19.2 Å². The largest absolute Gasteiger partial charge is 0.460 e. The van der Waals surface area contributed by atoms with Crippen LogP contribution in [0.4, 0.5) is 4.79 Å². The fourth-order valence-electron chi connectivity index (χ4n) is 1.59. The lowest BCUT2D eigenvalue weighted by Crippen LogP contribution is -2.41. The van der Waals surface area contributed by atoms with Crippen molar-refractivity contribution in [1.29, 1.82) is 0 Å². The number of nitrogens with one attached hydrogen (secondary N) is 1. The molecule has 0 unspecified atom stereocenters. The van der Waals surface area contributed by atoms with Crippen molar-refractivity contribution in [2.24, 2.45) is 0 Å². The summed E-state index contributed by atoms with van der Waals surface area (Å²) in [5.41, 5.74) is 0.340. The number of hydrogen-bond donors (Lipinski definition) is 1. The molecule has 0 heterocycles. The van der Waals surface area contributed by atoms with Crippen molar-refractivity contribution in [3.05, 3.63) is 12.2 Å². The third-order valence-electron chi connectivity index (χ3n) is 3.29. The van der Waals surface area contributed by atoms with Crippen molar-refractivity contribution < 1.29 is 23.2 Å². The SMILES string of the molecule is C=C(C)C(=O)OCCNC(=O)N(C)CCC[Si](C)(OC)OC. The molecule has 0 aromatic carbocycles. The van der Waals surface area contributed by atoms with Gasteiger partial charge in [-0.3, -0.25) is 0 Å². The smallest absolute Gasteiger partial charge is 0.334 e. The number of carbonyl (C=O) groups is 2. The minimum absolute atomic E-state index is 0.129. The van der Waals surface area contributed by atoms with Crippen LogP contribution in [0.2, 0.25) is 12.6 Å². The van der Waals surface area contributed by atoms with Crippen molar-refractivity contribution in [1.82, 2.24) is 10.2 Å². The Morgan fingerprint density at radius 2 is 1.86 bits per heavy atom. The van der Waals surface area contributed by atoms with Crippen LogP contribution >= 0.6 is 0 Å². The molecule has 0 rings (SSSR count). The van der Waals surface area contributed by atoms with Crippen molar-refractivity contribution in [2.45, 2.75) is 25.9 Å². The number of amides is 2. The highest BCUT2D eigenvalue weighted by atomic mass is 28.4. The molecule has 0 saturated carbocycles. The van der Waals surface area contributed by atoms with Crippen LogP contribution in [0.3, 0.4) is 0 Å². The van der Waals surface area contributed by atoms with Gasteiger partial charge in [-0.05, 0) is 25.9 Å². The van der Waals surface area contributed by atoms with Gasteiger partial charge in [0.1, 0.15) is 6.61 Å². The van der Waals surface area contributed by atoms with Crippen molar-refractivity contribution in [3.8, 4) is 0 Å². The van der Waals surface area contributed by atoms with E-state index in [0.29, 0.717) is 12.1 Å². The minimum Gasteiger partial charge on any atom is -0.460 e. The Bertz CT molecular complexity index is 385. The maximum absolute atomic E-state index is 11.8. The molecule has 0 saturated heterocycles. The van der Waals surface area contributed by atoms with E-state index in [1.54, 1.807) is 33.1 Å². The number of esters is 1. The van der Waals surface area contributed by atoms with Gasteiger partial charge < -0.3 is 23.8 Å². The number of nitrogens with zero attached hydrogens (tertiary/aromatic N) is 1. The molecule has 0 aromatic rings. The second-order valence-electron chi connectivity index (χ2n) is 5.22. The Labute approximate surface area is 133 Å². The zero-order valence-electron chi connectivity index (χ0n) is 14.2. The predicted molar refractivity (Wildman–Crippen MR) is 86.9 cm³/mol. The molecular weight excluding hydrogens is 304 g/mol. The molecule has 0 aliphatic rings. The zero-order chi connectivity index (χ0) is 17.2. The third kappa shape index (κ3) is 8.16. The Morgan fingerprint density at radius 1 is 1.27 bits per heavy atom. The van der Waals surface area contributed by atoms with Crippen LogP contribution in [0.1, 0.15) is 13.3 Å². The highest BCUT2D eigenvalue weighted by Crippen LogP contribution is 2.13. The van der Waals surface area contributed by atoms with E-state index in [1.807, 2.05) is 6.55 Å². The molecule has 0 fully saturated rings. The van der Waals surface area contributed by atoms with Crippen LogP contribution in [0.5, 0.6) is 0 Å². The van der Waals surface area contributed by atoms with E-state index in [2.05, 4.69) is 11.9 Å². The fraction of sp³-hybridized carbons (Fsp3) is 0.714. The van der Waals surface area contributed by atoms with E-state index in [1.165, 1.54) is 0 Å². The highest BCUT2D eigenvalue weighted by Gasteiger charge is 2.28. The summed E-state index contributed by atoms with van der Waals surface area (Å²) in [4.78, 5) is 24.6. The van der Waals surface area contributed by atoms with Gasteiger partial charge in [0.25, 0.3) is 0 Å². The molecule has 2 amide bonds. The monoisotopic (exact) mass is 332 g/mol. The van der Waals surface area contributed by atoms with Crippen LogP contribution in [0.25, 0.3) is 0 Å². The predicted octanol–water partition coefficient (Wildman–Crippen LogP) is 1.50. The Balaban J connectivity index is 3.89. The Hall–Kier alpha value is -1.38. The van der Waals surface area contributed by atoms with Gasteiger partial charge in [-0.2, -0.15) is 0 Å². The molecule has 0 aromatic heterocycles. The van der Waals surface area contributed by atoms with Gasteiger partial charge in [0.05, 0.1) is 6.54 Å². The molecule has 0 atom stereocenters. The maximum atomic E-state index is 11.8. The van der Waals surface area contributed by atoms with Crippen LogP contribution < -0.4 is 5.32 Å². The second kappa shape index (κ2) is 10.4. The van der Waals surface area contributed by atoms with Crippen LogP contribution in [-0.2, 0) is 18.4 Å². The average molecular weight is 332 g/mol. The van der Waals surface area contributed by atoms with E-state index in [9.17, 15) is 9.59 Å². The first-order valence-corrected chi connectivity index (χ1v) is 9.70. The summed E-state index contributed by atoms with van der Waals surface area (Å²) in [6, 6.07) is 0.609. The Kier molecular flexibility index (Phi) is 9.71. The number of rotatable bonds is 10. The van der Waals surface area contributed by atoms with Gasteiger partial charge in [-0.15, -0.1) is 0 Å². The summed E-state index contributed by atoms with van der Waals surface area (Å²) in [6.45, 7) is 8.04. The van der Waals surface area contributed by atoms with Gasteiger partial charge in [0.2, 0.25) is 0 Å². The number of carbonyl (C=O) groups excluding carboxylic acids is 2. The average Bonchev–Trinajstić information content (AvgIpc) is 2.50. The molecule has 0 aliphatic heterocycles. The summed E-state index contributed by atoms with van der Waals surface area (Å²) in [5, 5.41) is 2.68. The quantitative estimate of drug-likeness (QED) is 0.284. The number of ether oxygens (including phenoxy) is 1. The lowest BCUT2D eigenvalue weighted by atomic mass is 10.4. The lowest BCUT2D eigenvalue weighted by Gasteiger charge is -2.24. The zero-order valence-corrected chi connectivity index (χ0v) is 15.2. The highest BCUT2D eigenvalue weighted by molar-refractivity contribution is 6.65. The molecule has 7 nitrogen and oxygen atoms in total. The summed E-state index contributed by atoms with van der Waals surface area (Å²) in [5.74, 6) is -0.453. The maximum Gasteiger partial charge on any atom is 0.334 e. The molecule has 0 spiro atoms.